The van der Waals surface area contributed by atoms with E-state index in [4.69, 9.17) is 0 Å². The maximum Gasteiger partial charge on any atom is 0.0540 e. The first-order chi connectivity index (χ1) is 9.65. The van der Waals surface area contributed by atoms with Crippen molar-refractivity contribution in [3.05, 3.63) is 17.5 Å². The van der Waals surface area contributed by atoms with E-state index < -0.39 is 0 Å². The summed E-state index contributed by atoms with van der Waals surface area (Å²) < 4.78 is 2.00. The number of aryl methyl sites for hydroxylation is 1. The van der Waals surface area contributed by atoms with Crippen LogP contribution in [0.4, 0.5) is 0 Å². The van der Waals surface area contributed by atoms with Gasteiger partial charge in [0, 0.05) is 24.3 Å². The van der Waals surface area contributed by atoms with Crippen molar-refractivity contribution >= 4 is 0 Å². The van der Waals surface area contributed by atoms with Crippen LogP contribution in [0, 0.1) is 12.8 Å². The van der Waals surface area contributed by atoms with Crippen LogP contribution in [0.1, 0.15) is 49.9 Å². The lowest BCUT2D eigenvalue weighted by atomic mass is 9.89. The Morgan fingerprint density at radius 2 is 2.15 bits per heavy atom. The number of rotatable bonds is 5. The molecule has 0 amide bonds. The van der Waals surface area contributed by atoms with Gasteiger partial charge in [-0.3, -0.25) is 9.58 Å². The van der Waals surface area contributed by atoms with Gasteiger partial charge in [-0.2, -0.15) is 5.10 Å². The zero-order valence-electron chi connectivity index (χ0n) is 13.5. The molecule has 1 aliphatic heterocycles. The van der Waals surface area contributed by atoms with Gasteiger partial charge in [0.05, 0.1) is 6.20 Å². The average molecular weight is 278 g/mol. The number of aromatic nitrogens is 2. The normalized spacial score (nSPS) is 24.8. The van der Waals surface area contributed by atoms with E-state index in [1.807, 2.05) is 11.7 Å². The van der Waals surface area contributed by atoms with Gasteiger partial charge in [-0.15, -0.1) is 0 Å². The Morgan fingerprint density at radius 3 is 2.80 bits per heavy atom. The Balaban J connectivity index is 2.19. The number of nitrogens with one attached hydrogen (secondary N) is 1. The highest BCUT2D eigenvalue weighted by atomic mass is 15.3. The highest BCUT2D eigenvalue weighted by molar-refractivity contribution is 5.22. The lowest BCUT2D eigenvalue weighted by molar-refractivity contribution is 0.188. The molecule has 0 bridgehead atoms. The van der Waals surface area contributed by atoms with Crippen LogP contribution in [-0.2, 0) is 7.05 Å². The molecule has 1 aliphatic rings. The van der Waals surface area contributed by atoms with Crippen molar-refractivity contribution in [1.82, 2.24) is 20.0 Å². The van der Waals surface area contributed by atoms with Crippen molar-refractivity contribution in [2.24, 2.45) is 13.0 Å². The van der Waals surface area contributed by atoms with E-state index in [2.05, 4.69) is 42.4 Å². The zero-order chi connectivity index (χ0) is 14.5. The van der Waals surface area contributed by atoms with Crippen LogP contribution < -0.4 is 5.32 Å². The number of hydrogen-bond acceptors (Lipinski definition) is 3. The largest absolute Gasteiger partial charge is 0.316 e. The Kier molecular flexibility index (Phi) is 5.61. The molecule has 0 saturated carbocycles. The molecule has 0 radical (unpaired) electrons. The van der Waals surface area contributed by atoms with Gasteiger partial charge in [-0.25, -0.2) is 0 Å². The minimum atomic E-state index is 0.510. The van der Waals surface area contributed by atoms with E-state index >= 15 is 0 Å². The lowest BCUT2D eigenvalue weighted by Gasteiger charge is -2.32. The predicted octanol–water partition coefficient (Wildman–Crippen LogP) is 2.50. The molecule has 20 heavy (non-hydrogen) atoms. The Labute approximate surface area is 123 Å². The van der Waals surface area contributed by atoms with Crippen LogP contribution >= 0.6 is 0 Å². The molecule has 1 saturated heterocycles. The molecule has 114 valence electrons. The molecule has 0 aliphatic carbocycles. The molecular weight excluding hydrogens is 248 g/mol. The van der Waals surface area contributed by atoms with Gasteiger partial charge in [-0.05, 0) is 58.8 Å². The van der Waals surface area contributed by atoms with Gasteiger partial charge in [0.1, 0.15) is 0 Å². The van der Waals surface area contributed by atoms with Gasteiger partial charge in [0.2, 0.25) is 0 Å². The fourth-order valence-corrected chi connectivity index (χ4v) is 3.40. The fourth-order valence-electron chi connectivity index (χ4n) is 3.40. The summed E-state index contributed by atoms with van der Waals surface area (Å²) in [5.41, 5.74) is 2.73. The Morgan fingerprint density at radius 1 is 1.35 bits per heavy atom. The first kappa shape index (κ1) is 15.5. The molecule has 2 rings (SSSR count). The highest BCUT2D eigenvalue weighted by Crippen LogP contribution is 2.35. The summed E-state index contributed by atoms with van der Waals surface area (Å²) >= 11 is 0. The van der Waals surface area contributed by atoms with Gasteiger partial charge in [-0.1, -0.05) is 13.3 Å². The van der Waals surface area contributed by atoms with E-state index in [1.54, 1.807) is 0 Å². The first-order valence-electron chi connectivity index (χ1n) is 8.04. The van der Waals surface area contributed by atoms with Crippen molar-refractivity contribution in [1.29, 1.82) is 0 Å². The van der Waals surface area contributed by atoms with Crippen molar-refractivity contribution in [2.45, 2.75) is 45.6 Å². The number of nitrogens with zero attached hydrogens (tertiary/aromatic N) is 3. The molecule has 4 nitrogen and oxygen atoms in total. The maximum absolute atomic E-state index is 4.46. The van der Waals surface area contributed by atoms with Crippen molar-refractivity contribution in [2.75, 3.05) is 26.7 Å². The highest BCUT2D eigenvalue weighted by Gasteiger charge is 2.30. The summed E-state index contributed by atoms with van der Waals surface area (Å²) in [5.74, 6) is 0.692. The van der Waals surface area contributed by atoms with E-state index in [-0.39, 0.29) is 0 Å². The summed E-state index contributed by atoms with van der Waals surface area (Å²) in [6.07, 6.45) is 7.27. The lowest BCUT2D eigenvalue weighted by Crippen LogP contribution is -2.35. The van der Waals surface area contributed by atoms with Crippen LogP contribution in [0.5, 0.6) is 0 Å². The van der Waals surface area contributed by atoms with Crippen LogP contribution in [0.15, 0.2) is 6.20 Å². The fraction of sp³-hybridized carbons (Fsp3) is 0.812. The second kappa shape index (κ2) is 7.23. The standard InChI is InChI=1S/C16H30N4/c1-5-9-17-11-14-8-6-7-10-19(3)16(14)15-12-18-20(4)13(15)2/h12,14,16-17H,5-11H2,1-4H3. The molecule has 1 aromatic heterocycles. The zero-order valence-corrected chi connectivity index (χ0v) is 13.5. The van der Waals surface area contributed by atoms with Crippen molar-refractivity contribution in [3.63, 3.8) is 0 Å². The molecule has 2 heterocycles. The van der Waals surface area contributed by atoms with Gasteiger partial charge < -0.3 is 5.32 Å². The van der Waals surface area contributed by atoms with Crippen LogP contribution in [-0.4, -0.2) is 41.4 Å². The summed E-state index contributed by atoms with van der Waals surface area (Å²) in [6.45, 7) is 7.87. The summed E-state index contributed by atoms with van der Waals surface area (Å²) in [7, 11) is 4.31. The molecule has 1 fully saturated rings. The quantitative estimate of drug-likeness (QED) is 0.840. The second-order valence-corrected chi connectivity index (χ2v) is 6.19. The topological polar surface area (TPSA) is 33.1 Å². The van der Waals surface area contributed by atoms with Gasteiger partial charge >= 0.3 is 0 Å². The molecule has 2 atom stereocenters. The monoisotopic (exact) mass is 278 g/mol. The Bertz CT molecular complexity index is 413. The predicted molar refractivity (Wildman–Crippen MR) is 83.8 cm³/mol. The third kappa shape index (κ3) is 3.41. The van der Waals surface area contributed by atoms with Crippen molar-refractivity contribution in [3.8, 4) is 0 Å². The molecule has 0 aromatic carbocycles. The van der Waals surface area contributed by atoms with E-state index in [0.29, 0.717) is 12.0 Å². The van der Waals surface area contributed by atoms with Crippen LogP contribution in [0.2, 0.25) is 0 Å². The summed E-state index contributed by atoms with van der Waals surface area (Å²) in [5, 5.41) is 8.08. The van der Waals surface area contributed by atoms with Crippen LogP contribution in [0.3, 0.4) is 0 Å². The van der Waals surface area contributed by atoms with Crippen LogP contribution in [0.25, 0.3) is 0 Å². The molecule has 1 N–H and O–H groups in total. The molecular formula is C16H30N4. The van der Waals surface area contributed by atoms with Gasteiger partial charge in [0.15, 0.2) is 0 Å². The number of hydrogen-bond donors (Lipinski definition) is 1. The smallest absolute Gasteiger partial charge is 0.0540 e. The van der Waals surface area contributed by atoms with E-state index in [9.17, 15) is 0 Å². The molecule has 1 aromatic rings. The third-order valence-electron chi connectivity index (χ3n) is 4.68. The Hall–Kier alpha value is -0.870. The van der Waals surface area contributed by atoms with E-state index in [1.165, 1.54) is 43.5 Å². The molecule has 4 heteroatoms. The SMILES string of the molecule is CCCNCC1CCCCN(C)C1c1cnn(C)c1C. The summed E-state index contributed by atoms with van der Waals surface area (Å²) in [6, 6.07) is 0.510. The van der Waals surface area contributed by atoms with E-state index in [0.717, 1.165) is 13.1 Å². The first-order valence-corrected chi connectivity index (χ1v) is 8.04. The third-order valence-corrected chi connectivity index (χ3v) is 4.68. The maximum atomic E-state index is 4.46. The number of likely N-dealkylation sites (tertiary alicyclic amines) is 1. The molecule has 0 spiro atoms. The minimum Gasteiger partial charge on any atom is -0.316 e. The van der Waals surface area contributed by atoms with Gasteiger partial charge in [0.25, 0.3) is 0 Å². The minimum absolute atomic E-state index is 0.510. The molecule has 2 unspecified atom stereocenters. The summed E-state index contributed by atoms with van der Waals surface area (Å²) in [4.78, 5) is 2.54. The average Bonchev–Trinajstić information content (AvgIpc) is 2.65. The second-order valence-electron chi connectivity index (χ2n) is 6.19. The van der Waals surface area contributed by atoms with Crippen molar-refractivity contribution < 1.29 is 0 Å².